The second-order valence-electron chi connectivity index (χ2n) is 6.96. The van der Waals surface area contributed by atoms with Crippen LogP contribution < -0.4 is 14.9 Å². The van der Waals surface area contributed by atoms with Gasteiger partial charge in [0.05, 0.1) is 25.3 Å². The molecule has 146 valence electrons. The normalized spacial score (nSPS) is 13.8. The fourth-order valence-corrected chi connectivity index (χ4v) is 3.65. The van der Waals surface area contributed by atoms with E-state index in [9.17, 15) is 4.79 Å². The minimum atomic E-state index is -0.0858. The van der Waals surface area contributed by atoms with E-state index in [0.717, 1.165) is 28.4 Å². The highest BCUT2D eigenvalue weighted by atomic mass is 16.5. The third-order valence-corrected chi connectivity index (χ3v) is 5.08. The molecule has 1 aliphatic rings. The second-order valence-corrected chi connectivity index (χ2v) is 6.96. The Morgan fingerprint density at radius 2 is 1.97 bits per heavy atom. The molecule has 0 N–H and O–H groups in total. The topological polar surface area (TPSA) is 65.1 Å². The van der Waals surface area contributed by atoms with Gasteiger partial charge in [-0.05, 0) is 48.5 Å². The smallest absolute Gasteiger partial charge is 0.193 e. The van der Waals surface area contributed by atoms with E-state index in [2.05, 4.69) is 4.90 Å². The van der Waals surface area contributed by atoms with Gasteiger partial charge in [0.15, 0.2) is 5.43 Å². The Bertz CT molecular complexity index is 1210. The van der Waals surface area contributed by atoms with Crippen LogP contribution in [0, 0.1) is 0 Å². The first kappa shape index (κ1) is 17.6. The number of furan rings is 1. The lowest BCUT2D eigenvalue weighted by atomic mass is 10.0. The molecule has 6 heteroatoms. The average Bonchev–Trinajstić information content (AvgIpc) is 3.26. The SMILES string of the molecule is COc1ccc(-c2cc(=O)c3c4c(ccc3o2)OCN(Cc2ccco2)C4)cc1. The fraction of sp³-hybridized carbons (Fsp3) is 0.174. The van der Waals surface area contributed by atoms with Crippen LogP contribution in [0.25, 0.3) is 22.3 Å². The molecule has 0 bridgehead atoms. The summed E-state index contributed by atoms with van der Waals surface area (Å²) in [6.45, 7) is 1.63. The van der Waals surface area contributed by atoms with Gasteiger partial charge in [-0.15, -0.1) is 0 Å². The van der Waals surface area contributed by atoms with Crippen LogP contribution in [0.2, 0.25) is 0 Å². The summed E-state index contributed by atoms with van der Waals surface area (Å²) in [6.07, 6.45) is 1.65. The van der Waals surface area contributed by atoms with Crippen LogP contribution in [0.1, 0.15) is 11.3 Å². The van der Waals surface area contributed by atoms with E-state index in [0.29, 0.717) is 36.5 Å². The van der Waals surface area contributed by atoms with Crippen molar-refractivity contribution in [2.45, 2.75) is 13.1 Å². The predicted octanol–water partition coefficient (Wildman–Crippen LogP) is 4.41. The van der Waals surface area contributed by atoms with Crippen molar-refractivity contribution in [3.05, 3.63) is 82.4 Å². The summed E-state index contributed by atoms with van der Waals surface area (Å²) in [6, 6.07) is 16.4. The zero-order chi connectivity index (χ0) is 19.8. The quantitative estimate of drug-likeness (QED) is 0.515. The Labute approximate surface area is 166 Å². The first-order valence-electron chi connectivity index (χ1n) is 9.33. The van der Waals surface area contributed by atoms with Crippen molar-refractivity contribution in [3.8, 4) is 22.8 Å². The van der Waals surface area contributed by atoms with Gasteiger partial charge in [-0.1, -0.05) is 0 Å². The van der Waals surface area contributed by atoms with Crippen molar-refractivity contribution in [1.82, 2.24) is 4.90 Å². The Balaban J connectivity index is 1.53. The summed E-state index contributed by atoms with van der Waals surface area (Å²) in [7, 11) is 1.62. The van der Waals surface area contributed by atoms with Crippen molar-refractivity contribution in [2.75, 3.05) is 13.8 Å². The van der Waals surface area contributed by atoms with Crippen LogP contribution in [0.15, 0.2) is 74.5 Å². The van der Waals surface area contributed by atoms with Crippen LogP contribution in [-0.2, 0) is 13.1 Å². The first-order chi connectivity index (χ1) is 14.2. The molecule has 2 aromatic heterocycles. The summed E-state index contributed by atoms with van der Waals surface area (Å²) in [5.41, 5.74) is 2.12. The lowest BCUT2D eigenvalue weighted by Gasteiger charge is -2.28. The largest absolute Gasteiger partial charge is 0.497 e. The van der Waals surface area contributed by atoms with Crippen LogP contribution in [0.4, 0.5) is 0 Å². The number of hydrogen-bond acceptors (Lipinski definition) is 6. The van der Waals surface area contributed by atoms with Crippen LogP contribution in [0.3, 0.4) is 0 Å². The highest BCUT2D eigenvalue weighted by molar-refractivity contribution is 5.84. The van der Waals surface area contributed by atoms with Gasteiger partial charge in [0.2, 0.25) is 0 Å². The van der Waals surface area contributed by atoms with E-state index in [-0.39, 0.29) is 5.43 Å². The Kier molecular flexibility index (Phi) is 4.33. The van der Waals surface area contributed by atoms with Gasteiger partial charge in [-0.2, -0.15) is 0 Å². The number of nitrogens with zero attached hydrogens (tertiary/aromatic N) is 1. The molecule has 5 rings (SSSR count). The molecule has 0 radical (unpaired) electrons. The number of hydrogen-bond donors (Lipinski definition) is 0. The second kappa shape index (κ2) is 7.14. The molecule has 29 heavy (non-hydrogen) atoms. The lowest BCUT2D eigenvalue weighted by Crippen LogP contribution is -2.32. The van der Waals surface area contributed by atoms with E-state index in [1.807, 2.05) is 42.5 Å². The zero-order valence-corrected chi connectivity index (χ0v) is 15.9. The van der Waals surface area contributed by atoms with Crippen molar-refractivity contribution < 1.29 is 18.3 Å². The van der Waals surface area contributed by atoms with Gasteiger partial charge in [-0.3, -0.25) is 9.69 Å². The van der Waals surface area contributed by atoms with Crippen molar-refractivity contribution in [3.63, 3.8) is 0 Å². The van der Waals surface area contributed by atoms with Gasteiger partial charge >= 0.3 is 0 Å². The highest BCUT2D eigenvalue weighted by Gasteiger charge is 2.23. The molecule has 4 aromatic rings. The van der Waals surface area contributed by atoms with Crippen molar-refractivity contribution in [1.29, 1.82) is 0 Å². The van der Waals surface area contributed by atoms with Gasteiger partial charge < -0.3 is 18.3 Å². The minimum absolute atomic E-state index is 0.0858. The summed E-state index contributed by atoms with van der Waals surface area (Å²) in [5, 5.41) is 0.559. The predicted molar refractivity (Wildman–Crippen MR) is 108 cm³/mol. The summed E-state index contributed by atoms with van der Waals surface area (Å²) in [4.78, 5) is 15.1. The molecule has 0 saturated heterocycles. The highest BCUT2D eigenvalue weighted by Crippen LogP contribution is 2.33. The van der Waals surface area contributed by atoms with E-state index in [4.69, 9.17) is 18.3 Å². The monoisotopic (exact) mass is 389 g/mol. The Morgan fingerprint density at radius 3 is 2.72 bits per heavy atom. The van der Waals surface area contributed by atoms with Crippen molar-refractivity contribution in [2.24, 2.45) is 0 Å². The lowest BCUT2D eigenvalue weighted by molar-refractivity contribution is 0.0832. The molecule has 0 spiro atoms. The van der Waals surface area contributed by atoms with E-state index < -0.39 is 0 Å². The van der Waals surface area contributed by atoms with Crippen LogP contribution in [-0.4, -0.2) is 18.7 Å². The van der Waals surface area contributed by atoms with E-state index in [1.165, 1.54) is 6.07 Å². The van der Waals surface area contributed by atoms with Crippen LogP contribution >= 0.6 is 0 Å². The molecule has 3 heterocycles. The fourth-order valence-electron chi connectivity index (χ4n) is 3.65. The maximum atomic E-state index is 13.0. The maximum Gasteiger partial charge on any atom is 0.193 e. The Hall–Kier alpha value is -3.51. The van der Waals surface area contributed by atoms with Crippen molar-refractivity contribution >= 4 is 11.0 Å². The molecule has 6 nitrogen and oxygen atoms in total. The first-order valence-corrected chi connectivity index (χ1v) is 9.33. The molecule has 0 fully saturated rings. The van der Waals surface area contributed by atoms with Crippen LogP contribution in [0.5, 0.6) is 11.5 Å². The van der Waals surface area contributed by atoms with Gasteiger partial charge in [0, 0.05) is 23.7 Å². The number of benzene rings is 2. The zero-order valence-electron chi connectivity index (χ0n) is 15.9. The summed E-state index contributed by atoms with van der Waals surface area (Å²) >= 11 is 0. The molecule has 1 aliphatic heterocycles. The molecular formula is C23H19NO5. The average molecular weight is 389 g/mol. The molecule has 0 amide bonds. The summed E-state index contributed by atoms with van der Waals surface area (Å²) < 4.78 is 22.6. The number of ether oxygens (including phenoxy) is 2. The molecule has 2 aromatic carbocycles. The maximum absolute atomic E-state index is 13.0. The molecule has 0 aliphatic carbocycles. The number of methoxy groups -OCH3 is 1. The standard InChI is InChI=1S/C23H19NO5/c1-26-16-6-4-15(5-7-16)22-11-19(25)23-18-13-24(12-17-3-2-10-27-17)14-28-20(18)8-9-21(23)29-22/h2-11H,12-14H2,1H3. The van der Waals surface area contributed by atoms with Gasteiger partial charge in [0.25, 0.3) is 0 Å². The molecule has 0 saturated carbocycles. The van der Waals surface area contributed by atoms with Gasteiger partial charge in [0.1, 0.15) is 35.3 Å². The van der Waals surface area contributed by atoms with E-state index in [1.54, 1.807) is 19.4 Å². The third kappa shape index (κ3) is 3.28. The number of rotatable bonds is 4. The molecular weight excluding hydrogens is 370 g/mol. The van der Waals surface area contributed by atoms with E-state index >= 15 is 0 Å². The number of fused-ring (bicyclic) bond motifs is 3. The molecule has 0 atom stereocenters. The molecule has 0 unspecified atom stereocenters. The minimum Gasteiger partial charge on any atom is -0.497 e. The Morgan fingerprint density at radius 1 is 1.10 bits per heavy atom. The third-order valence-electron chi connectivity index (χ3n) is 5.08. The van der Waals surface area contributed by atoms with Gasteiger partial charge in [-0.25, -0.2) is 0 Å². The summed E-state index contributed by atoms with van der Waals surface area (Å²) in [5.74, 6) is 2.85.